The smallest absolute Gasteiger partial charge is 0.288 e. The van der Waals surface area contributed by atoms with Crippen molar-refractivity contribution in [1.82, 2.24) is 0 Å². The Balaban J connectivity index is 2.34. The van der Waals surface area contributed by atoms with Crippen LogP contribution in [0, 0.1) is 16.0 Å². The summed E-state index contributed by atoms with van der Waals surface area (Å²) in [6.07, 6.45) is 3.04. The van der Waals surface area contributed by atoms with E-state index in [0.717, 1.165) is 32.2 Å². The van der Waals surface area contributed by atoms with Gasteiger partial charge in [0.2, 0.25) is 0 Å². The largest absolute Gasteiger partial charge is 0.384 e. The molecular formula is C14H20N2O5S. The van der Waals surface area contributed by atoms with Crippen molar-refractivity contribution in [1.29, 1.82) is 0 Å². The van der Waals surface area contributed by atoms with Crippen LogP contribution in [0.5, 0.6) is 0 Å². The summed E-state index contributed by atoms with van der Waals surface area (Å²) < 4.78 is 28.8. The van der Waals surface area contributed by atoms with E-state index in [9.17, 15) is 18.5 Å². The normalized spacial score (nSPS) is 19.2. The van der Waals surface area contributed by atoms with Gasteiger partial charge in [-0.1, -0.05) is 0 Å². The highest BCUT2D eigenvalue weighted by molar-refractivity contribution is 7.90. The fourth-order valence-electron chi connectivity index (χ4n) is 2.82. The molecule has 1 atom stereocenters. The Labute approximate surface area is 129 Å². The van der Waals surface area contributed by atoms with Crippen LogP contribution in [-0.2, 0) is 14.6 Å². The quantitative estimate of drug-likeness (QED) is 0.605. The van der Waals surface area contributed by atoms with E-state index < -0.39 is 14.8 Å². The van der Waals surface area contributed by atoms with E-state index in [1.165, 1.54) is 12.1 Å². The molecule has 122 valence electrons. The van der Waals surface area contributed by atoms with Gasteiger partial charge in [-0.2, -0.15) is 0 Å². The number of sulfone groups is 1. The van der Waals surface area contributed by atoms with E-state index >= 15 is 0 Å². The zero-order chi connectivity index (χ0) is 16.3. The lowest BCUT2D eigenvalue weighted by molar-refractivity contribution is -0.387. The number of methoxy groups -OCH3 is 1. The Hall–Kier alpha value is -1.67. The van der Waals surface area contributed by atoms with Crippen molar-refractivity contribution < 1.29 is 18.1 Å². The summed E-state index contributed by atoms with van der Waals surface area (Å²) in [5.74, 6) is 0.385. The van der Waals surface area contributed by atoms with E-state index in [1.807, 2.05) is 0 Å². The molecule has 1 aromatic carbocycles. The van der Waals surface area contributed by atoms with Gasteiger partial charge in [0.15, 0.2) is 9.84 Å². The second-order valence-electron chi connectivity index (χ2n) is 5.59. The molecule has 1 fully saturated rings. The summed E-state index contributed by atoms with van der Waals surface area (Å²) >= 11 is 0. The molecule has 0 radical (unpaired) electrons. The molecule has 1 aliphatic heterocycles. The van der Waals surface area contributed by atoms with E-state index in [4.69, 9.17) is 4.74 Å². The molecule has 8 heteroatoms. The van der Waals surface area contributed by atoms with E-state index in [0.29, 0.717) is 18.2 Å². The summed E-state index contributed by atoms with van der Waals surface area (Å²) in [5, 5.41) is 11.0. The number of anilines is 1. The van der Waals surface area contributed by atoms with Crippen LogP contribution in [0.15, 0.2) is 23.1 Å². The zero-order valence-corrected chi connectivity index (χ0v) is 13.5. The van der Waals surface area contributed by atoms with Crippen LogP contribution in [0.4, 0.5) is 11.4 Å². The van der Waals surface area contributed by atoms with Crippen LogP contribution >= 0.6 is 0 Å². The number of benzene rings is 1. The van der Waals surface area contributed by atoms with Crippen molar-refractivity contribution in [3.8, 4) is 0 Å². The summed E-state index contributed by atoms with van der Waals surface area (Å²) in [6, 6.07) is 4.29. The molecule has 7 nitrogen and oxygen atoms in total. The highest BCUT2D eigenvalue weighted by atomic mass is 32.2. The van der Waals surface area contributed by atoms with Crippen LogP contribution in [-0.4, -0.2) is 46.4 Å². The summed E-state index contributed by atoms with van der Waals surface area (Å²) in [4.78, 5) is 12.2. The van der Waals surface area contributed by atoms with Gasteiger partial charge in [0.25, 0.3) is 5.69 Å². The Bertz CT molecular complexity index is 657. The van der Waals surface area contributed by atoms with Gasteiger partial charge in [0.05, 0.1) is 11.5 Å². The standard InChI is InChI=1S/C14H20N2O5S/c1-21-10-11-4-3-7-15(9-11)12-5-6-13(16(17)18)14(8-12)22(2,19)20/h5-6,8,11H,3-4,7,9-10H2,1-2H3. The first kappa shape index (κ1) is 16.7. The average Bonchev–Trinajstić information content (AvgIpc) is 2.46. The van der Waals surface area contributed by atoms with Gasteiger partial charge in [0, 0.05) is 38.2 Å². The van der Waals surface area contributed by atoms with Gasteiger partial charge in [0.1, 0.15) is 4.90 Å². The maximum Gasteiger partial charge on any atom is 0.288 e. The first-order valence-electron chi connectivity index (χ1n) is 7.05. The second-order valence-corrected chi connectivity index (χ2v) is 7.58. The molecule has 1 aliphatic rings. The molecule has 0 aromatic heterocycles. The molecule has 0 bridgehead atoms. The van der Waals surface area contributed by atoms with Crippen LogP contribution in [0.2, 0.25) is 0 Å². The van der Waals surface area contributed by atoms with Gasteiger partial charge in [-0.25, -0.2) is 8.42 Å². The second kappa shape index (κ2) is 6.62. The van der Waals surface area contributed by atoms with Gasteiger partial charge in [-0.3, -0.25) is 10.1 Å². The third kappa shape index (κ3) is 3.75. The first-order chi connectivity index (χ1) is 10.3. The predicted molar refractivity (Wildman–Crippen MR) is 83.0 cm³/mol. The maximum absolute atomic E-state index is 11.8. The number of nitro benzene ring substituents is 1. The number of rotatable bonds is 5. The highest BCUT2D eigenvalue weighted by Crippen LogP contribution is 2.31. The number of piperidine rings is 1. The predicted octanol–water partition coefficient (Wildman–Crippen LogP) is 1.86. The van der Waals surface area contributed by atoms with E-state index in [1.54, 1.807) is 13.2 Å². The number of hydrogen-bond donors (Lipinski definition) is 0. The summed E-state index contributed by atoms with van der Waals surface area (Å²) in [6.45, 7) is 2.22. The highest BCUT2D eigenvalue weighted by Gasteiger charge is 2.26. The lowest BCUT2D eigenvalue weighted by Gasteiger charge is -2.34. The minimum absolute atomic E-state index is 0.233. The molecule has 0 aliphatic carbocycles. The van der Waals surface area contributed by atoms with Crippen LogP contribution in [0.3, 0.4) is 0 Å². The zero-order valence-electron chi connectivity index (χ0n) is 12.7. The lowest BCUT2D eigenvalue weighted by Crippen LogP contribution is -2.37. The van der Waals surface area contributed by atoms with Crippen molar-refractivity contribution in [3.63, 3.8) is 0 Å². The van der Waals surface area contributed by atoms with Gasteiger partial charge in [-0.15, -0.1) is 0 Å². The molecule has 0 spiro atoms. The minimum Gasteiger partial charge on any atom is -0.384 e. The number of nitrogens with zero attached hydrogens (tertiary/aromatic N) is 2. The SMILES string of the molecule is COCC1CCCN(c2ccc([N+](=O)[O-])c(S(C)(=O)=O)c2)C1. The van der Waals surface area contributed by atoms with Crippen LogP contribution in [0.25, 0.3) is 0 Å². The van der Waals surface area contributed by atoms with Crippen molar-refractivity contribution in [2.24, 2.45) is 5.92 Å². The van der Waals surface area contributed by atoms with Gasteiger partial charge in [-0.05, 0) is 30.9 Å². The Kier molecular flexibility index (Phi) is 5.02. The summed E-state index contributed by atoms with van der Waals surface area (Å²) in [5.41, 5.74) is 0.323. The molecule has 1 unspecified atom stereocenters. The van der Waals surface area contributed by atoms with Crippen LogP contribution < -0.4 is 4.90 Å². The molecule has 1 saturated heterocycles. The van der Waals surface area contributed by atoms with Crippen molar-refractivity contribution in [2.75, 3.05) is 38.0 Å². The topological polar surface area (TPSA) is 89.8 Å². The Morgan fingerprint density at radius 3 is 2.77 bits per heavy atom. The monoisotopic (exact) mass is 328 g/mol. The van der Waals surface area contributed by atoms with Gasteiger partial charge < -0.3 is 9.64 Å². The fourth-order valence-corrected chi connectivity index (χ4v) is 3.68. The molecule has 0 N–H and O–H groups in total. The molecular weight excluding hydrogens is 308 g/mol. The third-order valence-electron chi connectivity index (χ3n) is 3.83. The molecule has 2 rings (SSSR count). The van der Waals surface area contributed by atoms with E-state index in [-0.39, 0.29) is 10.6 Å². The average molecular weight is 328 g/mol. The molecule has 1 aromatic rings. The van der Waals surface area contributed by atoms with Crippen LogP contribution in [0.1, 0.15) is 12.8 Å². The molecule has 0 amide bonds. The number of hydrogen-bond acceptors (Lipinski definition) is 6. The third-order valence-corrected chi connectivity index (χ3v) is 4.95. The molecule has 0 saturated carbocycles. The van der Waals surface area contributed by atoms with Crippen molar-refractivity contribution >= 4 is 21.2 Å². The fraction of sp³-hybridized carbons (Fsp3) is 0.571. The number of ether oxygens (including phenoxy) is 1. The van der Waals surface area contributed by atoms with Crippen molar-refractivity contribution in [3.05, 3.63) is 28.3 Å². The van der Waals surface area contributed by atoms with Crippen molar-refractivity contribution in [2.45, 2.75) is 17.7 Å². The molecule has 1 heterocycles. The lowest BCUT2D eigenvalue weighted by atomic mass is 9.98. The van der Waals surface area contributed by atoms with Gasteiger partial charge >= 0.3 is 0 Å². The number of nitro groups is 1. The van der Waals surface area contributed by atoms with E-state index in [2.05, 4.69) is 4.90 Å². The maximum atomic E-state index is 11.8. The minimum atomic E-state index is -3.66. The Morgan fingerprint density at radius 2 is 2.18 bits per heavy atom. The Morgan fingerprint density at radius 1 is 1.45 bits per heavy atom. The molecule has 22 heavy (non-hydrogen) atoms. The summed E-state index contributed by atoms with van der Waals surface area (Å²) in [7, 11) is -2.00. The first-order valence-corrected chi connectivity index (χ1v) is 8.94.